The third kappa shape index (κ3) is 4.96. The summed E-state index contributed by atoms with van der Waals surface area (Å²) in [5, 5.41) is 0. The Morgan fingerprint density at radius 1 is 1.03 bits per heavy atom. The molecular weight excluding hydrogens is 396 g/mol. The number of aromatic nitrogens is 2. The monoisotopic (exact) mass is 430 g/mol. The minimum absolute atomic E-state index is 0.0465. The van der Waals surface area contributed by atoms with Crippen LogP contribution < -0.4 is 5.69 Å². The molecule has 2 fully saturated rings. The van der Waals surface area contributed by atoms with Gasteiger partial charge in [-0.15, -0.1) is 0 Å². The van der Waals surface area contributed by atoms with Gasteiger partial charge in [0.25, 0.3) is 0 Å². The molecule has 0 saturated carbocycles. The number of amides is 1. The molecule has 2 aromatic rings. The molecule has 1 amide bonds. The SMILES string of the molecule is CC(C)(C)OC(=O)N1CCC(n2c(=O)n(CCN3CCOCC3)c3ccccc32)CC1. The van der Waals surface area contributed by atoms with Crippen molar-refractivity contribution in [1.82, 2.24) is 18.9 Å². The highest BCUT2D eigenvalue weighted by atomic mass is 16.6. The molecule has 4 rings (SSSR count). The molecule has 0 spiro atoms. The molecule has 0 atom stereocenters. The second kappa shape index (κ2) is 9.04. The van der Waals surface area contributed by atoms with Gasteiger partial charge in [0.1, 0.15) is 5.60 Å². The van der Waals surface area contributed by atoms with Gasteiger partial charge >= 0.3 is 11.8 Å². The van der Waals surface area contributed by atoms with E-state index in [1.54, 1.807) is 4.90 Å². The number of ether oxygens (including phenoxy) is 2. The number of fused-ring (bicyclic) bond motifs is 1. The molecule has 0 radical (unpaired) electrons. The first-order chi connectivity index (χ1) is 14.8. The van der Waals surface area contributed by atoms with E-state index in [-0.39, 0.29) is 17.8 Å². The maximum atomic E-state index is 13.4. The number of piperidine rings is 1. The molecule has 2 saturated heterocycles. The van der Waals surface area contributed by atoms with Crippen molar-refractivity contribution in [1.29, 1.82) is 0 Å². The third-order valence-electron chi connectivity index (χ3n) is 6.09. The molecule has 31 heavy (non-hydrogen) atoms. The first kappa shape index (κ1) is 21.9. The number of carbonyl (C=O) groups excluding carboxylic acids is 1. The summed E-state index contributed by atoms with van der Waals surface area (Å²) in [6, 6.07) is 8.12. The minimum atomic E-state index is -0.501. The summed E-state index contributed by atoms with van der Waals surface area (Å²) in [5.41, 5.74) is 1.50. The van der Waals surface area contributed by atoms with Crippen molar-refractivity contribution in [3.8, 4) is 0 Å². The largest absolute Gasteiger partial charge is 0.444 e. The fourth-order valence-corrected chi connectivity index (χ4v) is 4.50. The van der Waals surface area contributed by atoms with Gasteiger partial charge in [-0.1, -0.05) is 12.1 Å². The van der Waals surface area contributed by atoms with Crippen molar-refractivity contribution in [2.45, 2.75) is 51.8 Å². The average Bonchev–Trinajstić information content (AvgIpc) is 3.03. The van der Waals surface area contributed by atoms with Crippen LogP contribution in [0.1, 0.15) is 39.7 Å². The Hall–Kier alpha value is -2.32. The number of hydrogen-bond acceptors (Lipinski definition) is 5. The Kier molecular flexibility index (Phi) is 6.39. The van der Waals surface area contributed by atoms with Crippen LogP contribution in [0.5, 0.6) is 0 Å². The average molecular weight is 431 g/mol. The van der Waals surface area contributed by atoms with E-state index >= 15 is 0 Å². The summed E-state index contributed by atoms with van der Waals surface area (Å²) in [4.78, 5) is 29.9. The molecule has 0 aliphatic carbocycles. The van der Waals surface area contributed by atoms with Gasteiger partial charge < -0.3 is 14.4 Å². The lowest BCUT2D eigenvalue weighted by Gasteiger charge is -2.33. The Balaban J connectivity index is 1.50. The molecule has 2 aliphatic heterocycles. The summed E-state index contributed by atoms with van der Waals surface area (Å²) in [5.74, 6) is 0. The third-order valence-corrected chi connectivity index (χ3v) is 6.09. The second-order valence-electron chi connectivity index (χ2n) is 9.45. The molecule has 2 aliphatic rings. The highest BCUT2D eigenvalue weighted by Gasteiger charge is 2.29. The second-order valence-corrected chi connectivity index (χ2v) is 9.45. The number of imidazole rings is 1. The minimum Gasteiger partial charge on any atom is -0.444 e. The summed E-state index contributed by atoms with van der Waals surface area (Å²) < 4.78 is 14.8. The number of hydrogen-bond donors (Lipinski definition) is 0. The Labute approximate surface area is 183 Å². The molecule has 8 nitrogen and oxygen atoms in total. The van der Waals surface area contributed by atoms with Crippen LogP contribution in [0.4, 0.5) is 4.79 Å². The van der Waals surface area contributed by atoms with Crippen LogP contribution in [0, 0.1) is 0 Å². The predicted octanol–water partition coefficient (Wildman–Crippen LogP) is 2.71. The first-order valence-electron chi connectivity index (χ1n) is 11.3. The van der Waals surface area contributed by atoms with Gasteiger partial charge in [-0.25, -0.2) is 9.59 Å². The highest BCUT2D eigenvalue weighted by molar-refractivity contribution is 5.76. The van der Waals surface area contributed by atoms with Crippen LogP contribution in [0.2, 0.25) is 0 Å². The van der Waals surface area contributed by atoms with E-state index in [2.05, 4.69) is 4.90 Å². The zero-order valence-electron chi connectivity index (χ0n) is 18.9. The first-order valence-corrected chi connectivity index (χ1v) is 11.3. The smallest absolute Gasteiger partial charge is 0.410 e. The number of likely N-dealkylation sites (tertiary alicyclic amines) is 1. The van der Waals surface area contributed by atoms with Gasteiger partial charge in [0.2, 0.25) is 0 Å². The summed E-state index contributed by atoms with van der Waals surface area (Å²) >= 11 is 0. The maximum absolute atomic E-state index is 13.4. The van der Waals surface area contributed by atoms with Crippen molar-refractivity contribution < 1.29 is 14.3 Å². The number of benzene rings is 1. The van der Waals surface area contributed by atoms with Crippen LogP contribution >= 0.6 is 0 Å². The van der Waals surface area contributed by atoms with Crippen molar-refractivity contribution in [3.63, 3.8) is 0 Å². The predicted molar refractivity (Wildman–Crippen MR) is 120 cm³/mol. The molecule has 1 aromatic carbocycles. The van der Waals surface area contributed by atoms with E-state index in [1.807, 2.05) is 54.2 Å². The van der Waals surface area contributed by atoms with Gasteiger partial charge in [0.15, 0.2) is 0 Å². The van der Waals surface area contributed by atoms with Gasteiger partial charge in [-0.2, -0.15) is 0 Å². The van der Waals surface area contributed by atoms with Crippen LogP contribution in [0.3, 0.4) is 0 Å². The van der Waals surface area contributed by atoms with E-state index in [1.165, 1.54) is 0 Å². The van der Waals surface area contributed by atoms with Crippen molar-refractivity contribution in [2.75, 3.05) is 45.9 Å². The molecular formula is C23H34N4O4. The fourth-order valence-electron chi connectivity index (χ4n) is 4.50. The summed E-state index contributed by atoms with van der Waals surface area (Å²) in [7, 11) is 0. The number of rotatable bonds is 4. The Bertz CT molecular complexity index is 960. The molecule has 170 valence electrons. The quantitative estimate of drug-likeness (QED) is 0.746. The zero-order chi connectivity index (χ0) is 22.0. The number of morpholine rings is 1. The lowest BCUT2D eigenvalue weighted by molar-refractivity contribution is 0.0188. The van der Waals surface area contributed by atoms with Crippen molar-refractivity contribution >= 4 is 17.1 Å². The van der Waals surface area contributed by atoms with E-state index in [9.17, 15) is 9.59 Å². The van der Waals surface area contributed by atoms with E-state index in [0.717, 1.165) is 56.7 Å². The molecule has 0 unspecified atom stereocenters. The Morgan fingerprint density at radius 3 is 2.32 bits per heavy atom. The van der Waals surface area contributed by atoms with Gasteiger partial charge in [0.05, 0.1) is 24.2 Å². The summed E-state index contributed by atoms with van der Waals surface area (Å²) in [6.07, 6.45) is 1.22. The normalized spacial score (nSPS) is 19.1. The number of para-hydroxylation sites is 2. The molecule has 0 bridgehead atoms. The van der Waals surface area contributed by atoms with Gasteiger partial charge in [-0.3, -0.25) is 14.0 Å². The lowest BCUT2D eigenvalue weighted by Crippen LogP contribution is -2.43. The van der Waals surface area contributed by atoms with E-state index < -0.39 is 5.60 Å². The zero-order valence-corrected chi connectivity index (χ0v) is 18.9. The molecule has 1 aromatic heterocycles. The molecule has 3 heterocycles. The Morgan fingerprint density at radius 2 is 1.68 bits per heavy atom. The van der Waals surface area contributed by atoms with Crippen LogP contribution in [0.25, 0.3) is 11.0 Å². The van der Waals surface area contributed by atoms with Gasteiger partial charge in [0, 0.05) is 45.3 Å². The fraction of sp³-hybridized carbons (Fsp3) is 0.652. The van der Waals surface area contributed by atoms with Crippen LogP contribution in [-0.2, 0) is 16.0 Å². The van der Waals surface area contributed by atoms with Crippen molar-refractivity contribution in [2.24, 2.45) is 0 Å². The highest BCUT2D eigenvalue weighted by Crippen LogP contribution is 2.26. The number of nitrogens with zero attached hydrogens (tertiary/aromatic N) is 4. The van der Waals surface area contributed by atoms with E-state index in [0.29, 0.717) is 19.6 Å². The standard InChI is InChI=1S/C23H34N4O4/c1-23(2,3)31-22(29)25-10-8-18(9-11-25)27-20-7-5-4-6-19(20)26(21(27)28)13-12-24-14-16-30-17-15-24/h4-7,18H,8-17H2,1-3H3. The summed E-state index contributed by atoms with van der Waals surface area (Å²) in [6.45, 7) is 11.7. The van der Waals surface area contributed by atoms with Crippen LogP contribution in [0.15, 0.2) is 29.1 Å². The maximum Gasteiger partial charge on any atom is 0.410 e. The molecule has 8 heteroatoms. The molecule has 0 N–H and O–H groups in total. The van der Waals surface area contributed by atoms with Crippen molar-refractivity contribution in [3.05, 3.63) is 34.7 Å². The van der Waals surface area contributed by atoms with Crippen LogP contribution in [-0.4, -0.2) is 76.6 Å². The lowest BCUT2D eigenvalue weighted by atomic mass is 10.0. The topological polar surface area (TPSA) is 68.9 Å². The number of carbonyl (C=O) groups is 1. The van der Waals surface area contributed by atoms with E-state index in [4.69, 9.17) is 9.47 Å². The van der Waals surface area contributed by atoms with Gasteiger partial charge in [-0.05, 0) is 45.7 Å².